The normalized spacial score (nSPS) is 17.5. The van der Waals surface area contributed by atoms with Crippen LogP contribution in [0.4, 0.5) is 5.82 Å². The van der Waals surface area contributed by atoms with E-state index in [-0.39, 0.29) is 0 Å². The molecule has 1 aliphatic carbocycles. The van der Waals surface area contributed by atoms with Crippen LogP contribution in [-0.2, 0) is 0 Å². The standard InChI is InChI=1S/C19H25N5/c1-3-5-10-14(9-4-2)17-16-18(20)21-13-22-19(16)24(23-17)15-11-7-6-8-12-15/h3-5,9-10,13,15H,6-8,11-12H2,1-2H3,(H2,20,21,22)/b5-3-,9-4-,14-10+. The minimum Gasteiger partial charge on any atom is -0.383 e. The van der Waals surface area contributed by atoms with Gasteiger partial charge in [-0.05, 0) is 26.7 Å². The lowest BCUT2D eigenvalue weighted by Gasteiger charge is -2.22. The average molecular weight is 323 g/mol. The second-order valence-electron chi connectivity index (χ2n) is 6.19. The lowest BCUT2D eigenvalue weighted by Crippen LogP contribution is -2.14. The van der Waals surface area contributed by atoms with E-state index >= 15 is 0 Å². The van der Waals surface area contributed by atoms with Gasteiger partial charge in [-0.25, -0.2) is 14.6 Å². The van der Waals surface area contributed by atoms with Crippen LogP contribution in [0.5, 0.6) is 0 Å². The largest absolute Gasteiger partial charge is 0.383 e. The van der Waals surface area contributed by atoms with Crippen molar-refractivity contribution in [1.29, 1.82) is 0 Å². The van der Waals surface area contributed by atoms with Crippen LogP contribution in [0.15, 0.2) is 36.7 Å². The van der Waals surface area contributed by atoms with Crippen molar-refractivity contribution in [2.75, 3.05) is 5.73 Å². The molecule has 0 saturated heterocycles. The number of nitrogens with two attached hydrogens (primary N) is 1. The third-order valence-electron chi connectivity index (χ3n) is 4.53. The van der Waals surface area contributed by atoms with E-state index in [4.69, 9.17) is 10.8 Å². The van der Waals surface area contributed by atoms with Crippen molar-refractivity contribution in [2.24, 2.45) is 0 Å². The second kappa shape index (κ2) is 7.43. The van der Waals surface area contributed by atoms with Crippen molar-refractivity contribution in [3.05, 3.63) is 42.4 Å². The van der Waals surface area contributed by atoms with E-state index in [1.807, 2.05) is 32.1 Å². The van der Waals surface area contributed by atoms with Gasteiger partial charge < -0.3 is 5.73 Å². The molecule has 2 N–H and O–H groups in total. The van der Waals surface area contributed by atoms with Crippen LogP contribution in [0, 0.1) is 0 Å². The summed E-state index contributed by atoms with van der Waals surface area (Å²) >= 11 is 0. The molecule has 1 saturated carbocycles. The van der Waals surface area contributed by atoms with E-state index in [1.54, 1.807) is 0 Å². The smallest absolute Gasteiger partial charge is 0.164 e. The number of aromatic nitrogens is 4. The Hall–Kier alpha value is -2.43. The zero-order valence-electron chi connectivity index (χ0n) is 14.4. The summed E-state index contributed by atoms with van der Waals surface area (Å²) < 4.78 is 2.08. The predicted molar refractivity (Wildman–Crippen MR) is 99.5 cm³/mol. The highest BCUT2D eigenvalue weighted by atomic mass is 15.3. The third-order valence-corrected chi connectivity index (χ3v) is 4.53. The minimum absolute atomic E-state index is 0.401. The number of rotatable bonds is 4. The van der Waals surface area contributed by atoms with Crippen LogP contribution in [0.3, 0.4) is 0 Å². The summed E-state index contributed by atoms with van der Waals surface area (Å²) in [5, 5.41) is 5.78. The number of hydrogen-bond donors (Lipinski definition) is 1. The maximum Gasteiger partial charge on any atom is 0.164 e. The van der Waals surface area contributed by atoms with Gasteiger partial charge in [0.05, 0.1) is 11.4 Å². The molecule has 2 aromatic rings. The highest BCUT2D eigenvalue weighted by Crippen LogP contribution is 2.34. The van der Waals surface area contributed by atoms with Crippen molar-refractivity contribution >= 4 is 22.4 Å². The molecule has 0 aliphatic heterocycles. The first-order valence-electron chi connectivity index (χ1n) is 8.71. The highest BCUT2D eigenvalue weighted by Gasteiger charge is 2.23. The maximum atomic E-state index is 6.19. The minimum atomic E-state index is 0.401. The summed E-state index contributed by atoms with van der Waals surface area (Å²) in [5.74, 6) is 0.493. The van der Waals surface area contributed by atoms with Crippen LogP contribution >= 0.6 is 0 Å². The molecule has 0 radical (unpaired) electrons. The first-order valence-corrected chi connectivity index (χ1v) is 8.71. The Kier molecular flexibility index (Phi) is 5.08. The molecule has 0 aromatic carbocycles. The summed E-state index contributed by atoms with van der Waals surface area (Å²) in [7, 11) is 0. The molecule has 0 atom stereocenters. The van der Waals surface area contributed by atoms with E-state index in [2.05, 4.69) is 26.8 Å². The molecule has 1 fully saturated rings. The first kappa shape index (κ1) is 16.4. The number of anilines is 1. The van der Waals surface area contributed by atoms with Crippen LogP contribution in [0.25, 0.3) is 16.6 Å². The van der Waals surface area contributed by atoms with Crippen molar-refractivity contribution in [1.82, 2.24) is 19.7 Å². The van der Waals surface area contributed by atoms with Gasteiger partial charge in [0.15, 0.2) is 5.65 Å². The fourth-order valence-corrected chi connectivity index (χ4v) is 3.37. The molecule has 5 heteroatoms. The van der Waals surface area contributed by atoms with E-state index in [9.17, 15) is 0 Å². The van der Waals surface area contributed by atoms with Gasteiger partial charge in [0, 0.05) is 5.57 Å². The maximum absolute atomic E-state index is 6.19. The van der Waals surface area contributed by atoms with Crippen LogP contribution in [-0.4, -0.2) is 19.7 Å². The fraction of sp³-hybridized carbons (Fsp3) is 0.421. The predicted octanol–water partition coefficient (Wildman–Crippen LogP) is 4.45. The quantitative estimate of drug-likeness (QED) is 0.844. The Balaban J connectivity index is 2.20. The van der Waals surface area contributed by atoms with E-state index in [0.717, 1.165) is 35.1 Å². The number of fused-ring (bicyclic) bond motifs is 1. The summed E-state index contributed by atoms with van der Waals surface area (Å²) in [6, 6.07) is 0.401. The van der Waals surface area contributed by atoms with Gasteiger partial charge in [-0.2, -0.15) is 5.10 Å². The molecule has 1 aliphatic rings. The van der Waals surface area contributed by atoms with Gasteiger partial charge in [0.1, 0.15) is 17.8 Å². The lowest BCUT2D eigenvalue weighted by molar-refractivity contribution is 0.335. The number of nitrogens with zero attached hydrogens (tertiary/aromatic N) is 4. The van der Waals surface area contributed by atoms with E-state index < -0.39 is 0 Å². The topological polar surface area (TPSA) is 69.6 Å². The molecule has 5 nitrogen and oxygen atoms in total. The molecule has 0 spiro atoms. The molecule has 0 bridgehead atoms. The van der Waals surface area contributed by atoms with Gasteiger partial charge in [-0.3, -0.25) is 0 Å². The first-order chi connectivity index (χ1) is 11.8. The monoisotopic (exact) mass is 323 g/mol. The molecule has 24 heavy (non-hydrogen) atoms. The van der Waals surface area contributed by atoms with Crippen molar-refractivity contribution < 1.29 is 0 Å². The Labute approximate surface area is 143 Å². The van der Waals surface area contributed by atoms with Gasteiger partial charge in [0.25, 0.3) is 0 Å². The fourth-order valence-electron chi connectivity index (χ4n) is 3.37. The van der Waals surface area contributed by atoms with Gasteiger partial charge >= 0.3 is 0 Å². The number of nitrogen functional groups attached to an aromatic ring is 1. The van der Waals surface area contributed by atoms with E-state index in [1.165, 1.54) is 25.6 Å². The van der Waals surface area contributed by atoms with Crippen molar-refractivity contribution in [3.8, 4) is 0 Å². The number of allylic oxidation sites excluding steroid dienone is 6. The summed E-state index contributed by atoms with van der Waals surface area (Å²) in [4.78, 5) is 8.69. The Morgan fingerprint density at radius 2 is 1.96 bits per heavy atom. The third kappa shape index (κ3) is 3.11. The summed E-state index contributed by atoms with van der Waals surface area (Å²) in [5.41, 5.74) is 8.93. The summed E-state index contributed by atoms with van der Waals surface area (Å²) in [6.07, 6.45) is 17.8. The lowest BCUT2D eigenvalue weighted by atomic mass is 9.96. The zero-order valence-corrected chi connectivity index (χ0v) is 14.4. The van der Waals surface area contributed by atoms with Crippen LogP contribution < -0.4 is 5.73 Å². The van der Waals surface area contributed by atoms with Gasteiger partial charge in [0.2, 0.25) is 0 Å². The van der Waals surface area contributed by atoms with Crippen LogP contribution in [0.2, 0.25) is 0 Å². The second-order valence-corrected chi connectivity index (χ2v) is 6.19. The Morgan fingerprint density at radius 3 is 2.67 bits per heavy atom. The number of hydrogen-bond acceptors (Lipinski definition) is 4. The molecule has 2 heterocycles. The van der Waals surface area contributed by atoms with Crippen molar-refractivity contribution in [3.63, 3.8) is 0 Å². The molecule has 126 valence electrons. The molecular weight excluding hydrogens is 298 g/mol. The molecular formula is C19H25N5. The SMILES string of the molecule is C\C=C/C=C(\C=C/C)c1nn(C2CCCCC2)c2ncnc(N)c12. The Bertz CT molecular complexity index is 791. The zero-order chi connectivity index (χ0) is 16.9. The van der Waals surface area contributed by atoms with Crippen LogP contribution in [0.1, 0.15) is 57.7 Å². The van der Waals surface area contributed by atoms with Gasteiger partial charge in [-0.1, -0.05) is 49.6 Å². The van der Waals surface area contributed by atoms with Crippen molar-refractivity contribution in [2.45, 2.75) is 52.0 Å². The molecule has 2 aromatic heterocycles. The summed E-state index contributed by atoms with van der Waals surface area (Å²) in [6.45, 7) is 4.00. The molecule has 0 unspecified atom stereocenters. The average Bonchev–Trinajstić information content (AvgIpc) is 3.00. The molecule has 3 rings (SSSR count). The van der Waals surface area contributed by atoms with E-state index in [0.29, 0.717) is 11.9 Å². The van der Waals surface area contributed by atoms with Gasteiger partial charge in [-0.15, -0.1) is 0 Å². The highest BCUT2D eigenvalue weighted by molar-refractivity contribution is 5.97. The Morgan fingerprint density at radius 1 is 1.17 bits per heavy atom. The molecule has 0 amide bonds.